The summed E-state index contributed by atoms with van der Waals surface area (Å²) in [6, 6.07) is 11.4. The number of aliphatic hydroxyl groups excluding tert-OH is 1. The minimum atomic E-state index is -1.10. The van der Waals surface area contributed by atoms with Crippen LogP contribution in [0.4, 0.5) is 0 Å². The lowest BCUT2D eigenvalue weighted by atomic mass is 9.93. The van der Waals surface area contributed by atoms with Crippen molar-refractivity contribution in [2.24, 2.45) is 0 Å². The zero-order valence-electron chi connectivity index (χ0n) is 12.4. The first-order valence-corrected chi connectivity index (χ1v) is 6.77. The maximum absolute atomic E-state index is 12.5. The molecule has 104 valence electrons. The third-order valence-electron chi connectivity index (χ3n) is 3.62. The Labute approximate surface area is 120 Å². The number of ketones is 1. The highest BCUT2D eigenvalue weighted by Crippen LogP contribution is 2.24. The summed E-state index contributed by atoms with van der Waals surface area (Å²) in [5.41, 5.74) is 5.34. The van der Waals surface area contributed by atoms with E-state index < -0.39 is 6.10 Å². The largest absolute Gasteiger partial charge is 0.380 e. The molecular formula is C18H20O2. The van der Waals surface area contributed by atoms with Crippen molar-refractivity contribution in [2.75, 3.05) is 0 Å². The molecule has 2 nitrogen and oxygen atoms in total. The number of carbonyl (C=O) groups is 1. The predicted octanol–water partition coefficient (Wildman–Crippen LogP) is 3.84. The van der Waals surface area contributed by atoms with Crippen LogP contribution < -0.4 is 0 Å². The number of hydrogen-bond donors (Lipinski definition) is 1. The molecule has 0 spiro atoms. The zero-order chi connectivity index (χ0) is 14.9. The van der Waals surface area contributed by atoms with Crippen molar-refractivity contribution in [3.05, 3.63) is 69.8 Å². The van der Waals surface area contributed by atoms with Gasteiger partial charge in [0, 0.05) is 5.56 Å². The van der Waals surface area contributed by atoms with Crippen molar-refractivity contribution in [1.29, 1.82) is 0 Å². The van der Waals surface area contributed by atoms with E-state index in [1.54, 1.807) is 6.07 Å². The van der Waals surface area contributed by atoms with Gasteiger partial charge in [-0.05, 0) is 44.4 Å². The molecule has 1 unspecified atom stereocenters. The predicted molar refractivity (Wildman–Crippen MR) is 81.1 cm³/mol. The van der Waals surface area contributed by atoms with Crippen LogP contribution in [0, 0.1) is 27.7 Å². The van der Waals surface area contributed by atoms with Gasteiger partial charge in [0.1, 0.15) is 6.10 Å². The molecule has 0 heterocycles. The normalized spacial score (nSPS) is 12.2. The van der Waals surface area contributed by atoms with E-state index in [2.05, 4.69) is 0 Å². The molecule has 0 bridgehead atoms. The number of aliphatic hydroxyl groups is 1. The summed E-state index contributed by atoms with van der Waals surface area (Å²) in [6.45, 7) is 7.80. The molecule has 0 saturated heterocycles. The highest BCUT2D eigenvalue weighted by molar-refractivity contribution is 6.01. The van der Waals surface area contributed by atoms with Gasteiger partial charge in [-0.25, -0.2) is 0 Å². The quantitative estimate of drug-likeness (QED) is 0.859. The maximum atomic E-state index is 12.5. The standard InChI is InChI=1S/C18H20O2/c1-11-5-7-15(13(3)9-11)17(19)18(20)16-8-6-12(2)10-14(16)4/h5-10,17,19H,1-4H3. The van der Waals surface area contributed by atoms with Crippen LogP contribution in [0.15, 0.2) is 36.4 Å². The van der Waals surface area contributed by atoms with Crippen LogP contribution in [0.1, 0.15) is 44.3 Å². The minimum absolute atomic E-state index is 0.241. The second-order valence-corrected chi connectivity index (χ2v) is 5.45. The van der Waals surface area contributed by atoms with Gasteiger partial charge in [0.25, 0.3) is 0 Å². The van der Waals surface area contributed by atoms with Gasteiger partial charge in [-0.3, -0.25) is 4.79 Å². The van der Waals surface area contributed by atoms with Crippen molar-refractivity contribution in [1.82, 2.24) is 0 Å². The monoisotopic (exact) mass is 268 g/mol. The Kier molecular flexibility index (Phi) is 4.05. The van der Waals surface area contributed by atoms with Crippen molar-refractivity contribution in [2.45, 2.75) is 33.8 Å². The molecule has 0 fully saturated rings. The van der Waals surface area contributed by atoms with Gasteiger partial charge >= 0.3 is 0 Å². The van der Waals surface area contributed by atoms with Gasteiger partial charge in [0.05, 0.1) is 0 Å². The second kappa shape index (κ2) is 5.59. The Hall–Kier alpha value is -1.93. The molecule has 0 saturated carbocycles. The lowest BCUT2D eigenvalue weighted by molar-refractivity contribution is 0.0745. The molecule has 2 aromatic carbocycles. The Morgan fingerprint density at radius 2 is 1.45 bits per heavy atom. The first kappa shape index (κ1) is 14.5. The number of rotatable bonds is 3. The molecule has 2 rings (SSSR count). The minimum Gasteiger partial charge on any atom is -0.380 e. The molecule has 2 heteroatoms. The first-order chi connectivity index (χ1) is 9.40. The summed E-state index contributed by atoms with van der Waals surface area (Å²) in [5.74, 6) is -0.241. The molecule has 0 aliphatic heterocycles. The fraction of sp³-hybridized carbons (Fsp3) is 0.278. The number of benzene rings is 2. The molecule has 0 aliphatic carbocycles. The summed E-state index contributed by atoms with van der Waals surface area (Å²) >= 11 is 0. The average Bonchev–Trinajstić information content (AvgIpc) is 2.37. The van der Waals surface area contributed by atoms with Crippen LogP contribution in [0.3, 0.4) is 0 Å². The van der Waals surface area contributed by atoms with Gasteiger partial charge in [0.2, 0.25) is 0 Å². The van der Waals surface area contributed by atoms with E-state index in [-0.39, 0.29) is 5.78 Å². The van der Waals surface area contributed by atoms with E-state index in [9.17, 15) is 9.90 Å². The van der Waals surface area contributed by atoms with Gasteiger partial charge in [-0.15, -0.1) is 0 Å². The summed E-state index contributed by atoms with van der Waals surface area (Å²) in [6.07, 6.45) is -1.10. The first-order valence-electron chi connectivity index (χ1n) is 6.77. The van der Waals surface area contributed by atoms with Crippen molar-refractivity contribution in [3.8, 4) is 0 Å². The van der Waals surface area contributed by atoms with Crippen LogP contribution >= 0.6 is 0 Å². The Morgan fingerprint density at radius 1 is 0.900 bits per heavy atom. The Morgan fingerprint density at radius 3 is 2.00 bits per heavy atom. The fourth-order valence-corrected chi connectivity index (χ4v) is 2.51. The van der Waals surface area contributed by atoms with Crippen molar-refractivity contribution < 1.29 is 9.90 Å². The number of Topliss-reactive ketones (excluding diaryl/α,β-unsaturated/α-hetero) is 1. The van der Waals surface area contributed by atoms with Gasteiger partial charge in [-0.2, -0.15) is 0 Å². The number of aryl methyl sites for hydroxylation is 4. The molecular weight excluding hydrogens is 248 g/mol. The number of carbonyl (C=O) groups excluding carboxylic acids is 1. The summed E-state index contributed by atoms with van der Waals surface area (Å²) in [5, 5.41) is 10.4. The van der Waals surface area contributed by atoms with E-state index in [4.69, 9.17) is 0 Å². The van der Waals surface area contributed by atoms with Gasteiger partial charge in [-0.1, -0.05) is 47.5 Å². The van der Waals surface area contributed by atoms with Gasteiger partial charge in [0.15, 0.2) is 5.78 Å². The molecule has 0 radical (unpaired) electrons. The number of hydrogen-bond acceptors (Lipinski definition) is 2. The summed E-state index contributed by atoms with van der Waals surface area (Å²) < 4.78 is 0. The molecule has 20 heavy (non-hydrogen) atoms. The molecule has 0 amide bonds. The van der Waals surface area contributed by atoms with E-state index in [0.29, 0.717) is 11.1 Å². The summed E-state index contributed by atoms with van der Waals surface area (Å²) in [4.78, 5) is 12.5. The molecule has 1 N–H and O–H groups in total. The maximum Gasteiger partial charge on any atom is 0.196 e. The van der Waals surface area contributed by atoms with Crippen molar-refractivity contribution in [3.63, 3.8) is 0 Å². The Balaban J connectivity index is 2.37. The third kappa shape index (κ3) is 2.81. The molecule has 2 aromatic rings. The van der Waals surface area contributed by atoms with Crippen LogP contribution in [0.25, 0.3) is 0 Å². The second-order valence-electron chi connectivity index (χ2n) is 5.45. The molecule has 0 aliphatic rings. The highest BCUT2D eigenvalue weighted by atomic mass is 16.3. The van der Waals surface area contributed by atoms with Crippen LogP contribution in [-0.2, 0) is 0 Å². The van der Waals surface area contributed by atoms with E-state index >= 15 is 0 Å². The highest BCUT2D eigenvalue weighted by Gasteiger charge is 2.22. The topological polar surface area (TPSA) is 37.3 Å². The van der Waals surface area contributed by atoms with E-state index in [0.717, 1.165) is 22.3 Å². The Bertz CT molecular complexity index is 656. The van der Waals surface area contributed by atoms with Gasteiger partial charge < -0.3 is 5.11 Å². The molecule has 1 atom stereocenters. The van der Waals surface area contributed by atoms with Crippen LogP contribution in [-0.4, -0.2) is 10.9 Å². The smallest absolute Gasteiger partial charge is 0.196 e. The van der Waals surface area contributed by atoms with Crippen molar-refractivity contribution >= 4 is 5.78 Å². The summed E-state index contributed by atoms with van der Waals surface area (Å²) in [7, 11) is 0. The van der Waals surface area contributed by atoms with E-state index in [1.807, 2.05) is 58.0 Å². The lowest BCUT2D eigenvalue weighted by Gasteiger charge is -2.15. The van der Waals surface area contributed by atoms with Crippen LogP contribution in [0.5, 0.6) is 0 Å². The molecule has 0 aromatic heterocycles. The lowest BCUT2D eigenvalue weighted by Crippen LogP contribution is -2.15. The average molecular weight is 268 g/mol. The third-order valence-corrected chi connectivity index (χ3v) is 3.62. The zero-order valence-corrected chi connectivity index (χ0v) is 12.4. The van der Waals surface area contributed by atoms with Crippen LogP contribution in [0.2, 0.25) is 0 Å². The fourth-order valence-electron chi connectivity index (χ4n) is 2.51. The van der Waals surface area contributed by atoms with E-state index in [1.165, 1.54) is 0 Å². The SMILES string of the molecule is Cc1ccc(C(=O)C(O)c2ccc(C)cc2C)c(C)c1.